The molecular formula is C10H9ClFN3O. The van der Waals surface area contributed by atoms with Gasteiger partial charge in [0.15, 0.2) is 11.6 Å². The Morgan fingerprint density at radius 3 is 2.94 bits per heavy atom. The van der Waals surface area contributed by atoms with E-state index in [1.54, 1.807) is 13.0 Å². The second-order valence-corrected chi connectivity index (χ2v) is 3.70. The number of halogens is 2. The number of nitrogens with zero attached hydrogens (tertiary/aromatic N) is 2. The Bertz CT molecular complexity index is 501. The molecule has 2 rings (SSSR count). The quantitative estimate of drug-likeness (QED) is 0.898. The Balaban J connectivity index is 2.04. The lowest BCUT2D eigenvalue weighted by Crippen LogP contribution is -2.03. The van der Waals surface area contributed by atoms with Crippen LogP contribution in [0.2, 0.25) is 5.02 Å². The van der Waals surface area contributed by atoms with E-state index in [-0.39, 0.29) is 10.8 Å². The van der Waals surface area contributed by atoms with E-state index in [9.17, 15) is 4.39 Å². The highest BCUT2D eigenvalue weighted by molar-refractivity contribution is 6.30. The van der Waals surface area contributed by atoms with Crippen LogP contribution in [0.25, 0.3) is 0 Å². The molecule has 0 bridgehead atoms. The molecule has 0 aliphatic rings. The van der Waals surface area contributed by atoms with E-state index < -0.39 is 5.82 Å². The van der Waals surface area contributed by atoms with Crippen molar-refractivity contribution in [1.29, 1.82) is 0 Å². The fourth-order valence-electron chi connectivity index (χ4n) is 1.22. The molecule has 0 aliphatic heterocycles. The molecule has 84 valence electrons. The molecule has 0 spiro atoms. The first-order valence-electron chi connectivity index (χ1n) is 4.62. The molecule has 0 saturated heterocycles. The Labute approximate surface area is 96.4 Å². The van der Waals surface area contributed by atoms with Crippen molar-refractivity contribution in [3.05, 3.63) is 40.6 Å². The molecule has 0 amide bonds. The van der Waals surface area contributed by atoms with Gasteiger partial charge in [0.2, 0.25) is 0 Å². The summed E-state index contributed by atoms with van der Waals surface area (Å²) < 4.78 is 18.2. The van der Waals surface area contributed by atoms with Gasteiger partial charge in [0.1, 0.15) is 11.5 Å². The highest BCUT2D eigenvalue weighted by Gasteiger charge is 2.05. The van der Waals surface area contributed by atoms with Crippen LogP contribution in [0.3, 0.4) is 0 Å². The molecule has 0 radical (unpaired) electrons. The van der Waals surface area contributed by atoms with Crippen molar-refractivity contribution < 1.29 is 8.91 Å². The third kappa shape index (κ3) is 2.49. The summed E-state index contributed by atoms with van der Waals surface area (Å²) in [6.45, 7) is 2.14. The van der Waals surface area contributed by atoms with E-state index in [1.807, 2.05) is 0 Å². The fraction of sp³-hybridized carbons (Fsp3) is 0.200. The van der Waals surface area contributed by atoms with Gasteiger partial charge in [-0.05, 0) is 13.0 Å². The summed E-state index contributed by atoms with van der Waals surface area (Å²) in [6.07, 6.45) is 1.38. The zero-order valence-corrected chi connectivity index (χ0v) is 9.25. The number of rotatable bonds is 3. The molecule has 2 aromatic heterocycles. The normalized spacial score (nSPS) is 10.4. The standard InChI is InChI=1S/C10H9ClFN3O/c1-6-2-8(15-16-6)5-14-10-9(12)3-7(11)4-13-10/h2-4H,5H2,1H3,(H,13,14). The highest BCUT2D eigenvalue weighted by atomic mass is 35.5. The van der Waals surface area contributed by atoms with Crippen LogP contribution in [0, 0.1) is 12.7 Å². The van der Waals surface area contributed by atoms with Gasteiger partial charge in [-0.1, -0.05) is 16.8 Å². The van der Waals surface area contributed by atoms with Crippen LogP contribution in [0.4, 0.5) is 10.2 Å². The minimum absolute atomic E-state index is 0.144. The summed E-state index contributed by atoms with van der Waals surface area (Å²) in [6, 6.07) is 2.96. The van der Waals surface area contributed by atoms with Crippen LogP contribution >= 0.6 is 11.6 Å². The van der Waals surface area contributed by atoms with Crippen LogP contribution in [0.15, 0.2) is 22.9 Å². The molecule has 0 fully saturated rings. The van der Waals surface area contributed by atoms with Crippen molar-refractivity contribution in [1.82, 2.24) is 10.1 Å². The largest absolute Gasteiger partial charge is 0.362 e. The second kappa shape index (κ2) is 4.49. The average Bonchev–Trinajstić information content (AvgIpc) is 2.63. The number of pyridine rings is 1. The summed E-state index contributed by atoms with van der Waals surface area (Å²) in [5, 5.41) is 6.83. The van der Waals surface area contributed by atoms with Gasteiger partial charge in [-0.2, -0.15) is 0 Å². The molecule has 6 heteroatoms. The number of aromatic nitrogens is 2. The number of anilines is 1. The molecule has 4 nitrogen and oxygen atoms in total. The van der Waals surface area contributed by atoms with Gasteiger partial charge < -0.3 is 9.84 Å². The van der Waals surface area contributed by atoms with E-state index in [0.717, 1.165) is 0 Å². The van der Waals surface area contributed by atoms with Crippen molar-refractivity contribution in [3.63, 3.8) is 0 Å². The first-order chi connectivity index (χ1) is 7.65. The van der Waals surface area contributed by atoms with E-state index in [1.165, 1.54) is 12.3 Å². The molecule has 2 aromatic rings. The topological polar surface area (TPSA) is 51.0 Å². The minimum atomic E-state index is -0.493. The van der Waals surface area contributed by atoms with Gasteiger partial charge in [-0.15, -0.1) is 0 Å². The second-order valence-electron chi connectivity index (χ2n) is 3.27. The molecule has 0 aliphatic carbocycles. The predicted octanol–water partition coefficient (Wildman–Crippen LogP) is 2.78. The van der Waals surface area contributed by atoms with Crippen molar-refractivity contribution in [2.45, 2.75) is 13.5 Å². The van der Waals surface area contributed by atoms with Crippen LogP contribution in [0.1, 0.15) is 11.5 Å². The average molecular weight is 242 g/mol. The molecule has 1 N–H and O–H groups in total. The fourth-order valence-corrected chi connectivity index (χ4v) is 1.36. The van der Waals surface area contributed by atoms with Crippen molar-refractivity contribution >= 4 is 17.4 Å². The Morgan fingerprint density at radius 1 is 1.50 bits per heavy atom. The van der Waals surface area contributed by atoms with Gasteiger partial charge in [-0.3, -0.25) is 0 Å². The minimum Gasteiger partial charge on any atom is -0.362 e. The lowest BCUT2D eigenvalue weighted by atomic mass is 10.3. The number of nitrogens with one attached hydrogen (secondary N) is 1. The zero-order valence-electron chi connectivity index (χ0n) is 8.50. The maximum absolute atomic E-state index is 13.3. The first kappa shape index (κ1) is 10.9. The van der Waals surface area contributed by atoms with Gasteiger partial charge in [0.05, 0.1) is 11.6 Å². The van der Waals surface area contributed by atoms with Crippen molar-refractivity contribution in [2.75, 3.05) is 5.32 Å². The molecular weight excluding hydrogens is 233 g/mol. The van der Waals surface area contributed by atoms with E-state index in [2.05, 4.69) is 15.5 Å². The first-order valence-corrected chi connectivity index (χ1v) is 5.00. The van der Waals surface area contributed by atoms with Crippen LogP contribution in [-0.2, 0) is 6.54 Å². The maximum atomic E-state index is 13.3. The molecule has 0 unspecified atom stereocenters. The molecule has 0 aromatic carbocycles. The Kier molecular flexibility index (Phi) is 3.05. The zero-order chi connectivity index (χ0) is 11.5. The van der Waals surface area contributed by atoms with Crippen LogP contribution < -0.4 is 5.32 Å². The third-order valence-electron chi connectivity index (χ3n) is 1.92. The van der Waals surface area contributed by atoms with Gasteiger partial charge >= 0.3 is 0 Å². The van der Waals surface area contributed by atoms with Gasteiger partial charge in [0.25, 0.3) is 0 Å². The monoisotopic (exact) mass is 241 g/mol. The summed E-state index contributed by atoms with van der Waals surface area (Å²) in [5.41, 5.74) is 0.689. The summed E-state index contributed by atoms with van der Waals surface area (Å²) in [4.78, 5) is 3.82. The summed E-state index contributed by atoms with van der Waals surface area (Å²) in [5.74, 6) is 0.360. The van der Waals surface area contributed by atoms with E-state index in [0.29, 0.717) is 18.0 Å². The van der Waals surface area contributed by atoms with Gasteiger partial charge in [0, 0.05) is 12.3 Å². The molecule has 0 atom stereocenters. The van der Waals surface area contributed by atoms with Crippen LogP contribution in [0.5, 0.6) is 0 Å². The number of hydrogen-bond acceptors (Lipinski definition) is 4. The van der Waals surface area contributed by atoms with E-state index in [4.69, 9.17) is 16.1 Å². The highest BCUT2D eigenvalue weighted by Crippen LogP contribution is 2.16. The SMILES string of the molecule is Cc1cc(CNc2ncc(Cl)cc2F)no1. The van der Waals surface area contributed by atoms with E-state index >= 15 is 0 Å². The molecule has 2 heterocycles. The number of hydrogen-bond donors (Lipinski definition) is 1. The smallest absolute Gasteiger partial charge is 0.166 e. The maximum Gasteiger partial charge on any atom is 0.166 e. The lowest BCUT2D eigenvalue weighted by molar-refractivity contribution is 0.391. The summed E-state index contributed by atoms with van der Waals surface area (Å²) in [7, 11) is 0. The Hall–Kier alpha value is -1.62. The Morgan fingerprint density at radius 2 is 2.31 bits per heavy atom. The number of aryl methyl sites for hydroxylation is 1. The third-order valence-corrected chi connectivity index (χ3v) is 2.13. The summed E-state index contributed by atoms with van der Waals surface area (Å²) >= 11 is 5.58. The predicted molar refractivity (Wildman–Crippen MR) is 57.8 cm³/mol. The van der Waals surface area contributed by atoms with Crippen LogP contribution in [-0.4, -0.2) is 10.1 Å². The van der Waals surface area contributed by atoms with Gasteiger partial charge in [-0.25, -0.2) is 9.37 Å². The van der Waals surface area contributed by atoms with Crippen molar-refractivity contribution in [3.8, 4) is 0 Å². The lowest BCUT2D eigenvalue weighted by Gasteiger charge is -2.03. The van der Waals surface area contributed by atoms with Crippen molar-refractivity contribution in [2.24, 2.45) is 0 Å². The molecule has 16 heavy (non-hydrogen) atoms. The molecule has 0 saturated carbocycles.